The zero-order valence-corrected chi connectivity index (χ0v) is 36.8. The summed E-state index contributed by atoms with van der Waals surface area (Å²) in [6, 6.07) is -0.728. The van der Waals surface area contributed by atoms with Gasteiger partial charge in [0.1, 0.15) is 12.6 Å². The highest BCUT2D eigenvalue weighted by Crippen LogP contribution is 2.14. The number of esters is 2. The Balaban J connectivity index is 4.23. The van der Waals surface area contributed by atoms with E-state index in [1.165, 1.54) is 77.0 Å². The Kier molecular flexibility index (Phi) is 37.2. The molecule has 0 aromatic rings. The van der Waals surface area contributed by atoms with E-state index in [4.69, 9.17) is 14.2 Å². The first kappa shape index (κ1) is 53.3. The number of nitrogens with zero attached hydrogens (tertiary/aromatic N) is 1. The molecule has 0 radical (unpaired) electrons. The number of carbonyl (C=O) groups is 3. The number of allylic oxidation sites excluding steroid dienone is 8. The molecule has 0 aliphatic carbocycles. The van der Waals surface area contributed by atoms with Gasteiger partial charge >= 0.3 is 11.9 Å². The van der Waals surface area contributed by atoms with Gasteiger partial charge < -0.3 is 28.6 Å². The third-order valence-corrected chi connectivity index (χ3v) is 9.94. The lowest BCUT2D eigenvalue weighted by molar-refractivity contribution is -0.889. The van der Waals surface area contributed by atoms with Crippen LogP contribution >= 0.6 is 0 Å². The first-order valence-corrected chi connectivity index (χ1v) is 22.7. The summed E-state index contributed by atoms with van der Waals surface area (Å²) >= 11 is 0. The lowest BCUT2D eigenvalue weighted by Crippen LogP contribution is -2.55. The van der Waals surface area contributed by atoms with Gasteiger partial charge in [-0.05, 0) is 70.6 Å². The summed E-state index contributed by atoms with van der Waals surface area (Å²) in [6.45, 7) is 4.57. The predicted octanol–water partition coefficient (Wildman–Crippen LogP) is 11.1. The quantitative estimate of drug-likeness (QED) is 0.0264. The van der Waals surface area contributed by atoms with Crippen molar-refractivity contribution in [3.05, 3.63) is 48.6 Å². The Bertz CT molecular complexity index is 1060. The van der Waals surface area contributed by atoms with Gasteiger partial charge in [0.15, 0.2) is 6.10 Å². The van der Waals surface area contributed by atoms with Gasteiger partial charge in [0.25, 0.3) is 0 Å². The highest BCUT2D eigenvalue weighted by atomic mass is 16.6. The molecule has 0 saturated carbocycles. The van der Waals surface area contributed by atoms with Gasteiger partial charge in [0.05, 0.1) is 40.3 Å². The first-order valence-electron chi connectivity index (χ1n) is 22.7. The number of rotatable bonds is 40. The van der Waals surface area contributed by atoms with Crippen LogP contribution in [0.5, 0.6) is 0 Å². The van der Waals surface area contributed by atoms with Crippen molar-refractivity contribution in [2.24, 2.45) is 0 Å². The maximum atomic E-state index is 12.7. The number of carboxylic acid groups (broad SMARTS) is 1. The standard InChI is InChI=1S/C48H85NO7/c1-6-8-10-12-14-16-18-19-20-21-22-23-24-25-26-27-28-29-31-32-34-36-38-46(50)55-43-44(42-54-41-40-45(48(52)53)49(3,4)5)56-47(51)39-37-35-33-30-17-15-13-11-9-7-2/h13-16,19-20,22-23,44-45H,6-12,17-18,21,24-43H2,1-5H3/b15-13+,16-14+,20-19+,23-22+. The molecule has 8 nitrogen and oxygen atoms in total. The van der Waals surface area contributed by atoms with Crippen molar-refractivity contribution in [3.63, 3.8) is 0 Å². The molecule has 0 aromatic heterocycles. The second kappa shape index (κ2) is 39.1. The van der Waals surface area contributed by atoms with Crippen LogP contribution in [-0.4, -0.2) is 75.5 Å². The van der Waals surface area contributed by atoms with Crippen LogP contribution in [0.4, 0.5) is 0 Å². The fourth-order valence-electron chi connectivity index (χ4n) is 6.35. The summed E-state index contributed by atoms with van der Waals surface area (Å²) in [5, 5.41) is 11.6. The first-order chi connectivity index (χ1) is 27.1. The molecule has 0 aliphatic rings. The van der Waals surface area contributed by atoms with Crippen LogP contribution < -0.4 is 5.11 Å². The fraction of sp³-hybridized carbons (Fsp3) is 0.771. The number of likely N-dealkylation sites (N-methyl/N-ethyl adjacent to an activating group) is 1. The molecular weight excluding hydrogens is 703 g/mol. The smallest absolute Gasteiger partial charge is 0.306 e. The van der Waals surface area contributed by atoms with Gasteiger partial charge in [-0.15, -0.1) is 0 Å². The molecule has 0 aromatic carbocycles. The van der Waals surface area contributed by atoms with Gasteiger partial charge in [-0.3, -0.25) is 9.59 Å². The van der Waals surface area contributed by atoms with Crippen molar-refractivity contribution in [1.82, 2.24) is 0 Å². The topological polar surface area (TPSA) is 102 Å². The van der Waals surface area contributed by atoms with Gasteiger partial charge in [-0.1, -0.05) is 146 Å². The van der Waals surface area contributed by atoms with E-state index in [-0.39, 0.29) is 42.7 Å². The zero-order chi connectivity index (χ0) is 41.4. The minimum atomic E-state index is -1.13. The summed E-state index contributed by atoms with van der Waals surface area (Å²) in [4.78, 5) is 36.8. The summed E-state index contributed by atoms with van der Waals surface area (Å²) in [5.74, 6) is -1.76. The van der Waals surface area contributed by atoms with Crippen LogP contribution in [0.25, 0.3) is 0 Å². The number of carbonyl (C=O) groups excluding carboxylic acids is 3. The number of carboxylic acids is 1. The van der Waals surface area contributed by atoms with Crippen LogP contribution in [0.15, 0.2) is 48.6 Å². The minimum absolute atomic E-state index is 0.0339. The van der Waals surface area contributed by atoms with Crippen molar-refractivity contribution in [2.75, 3.05) is 41.0 Å². The molecule has 0 saturated heterocycles. The van der Waals surface area contributed by atoms with E-state index in [2.05, 4.69) is 62.5 Å². The van der Waals surface area contributed by atoms with Crippen LogP contribution in [0.1, 0.15) is 187 Å². The fourth-order valence-corrected chi connectivity index (χ4v) is 6.35. The number of quaternary nitrogens is 1. The van der Waals surface area contributed by atoms with Crippen molar-refractivity contribution < 1.29 is 38.2 Å². The van der Waals surface area contributed by atoms with Gasteiger partial charge in [0, 0.05) is 19.3 Å². The van der Waals surface area contributed by atoms with Gasteiger partial charge in [-0.25, -0.2) is 0 Å². The Hall–Kier alpha value is -2.71. The summed E-state index contributed by atoms with van der Waals surface area (Å²) in [7, 11) is 5.40. The molecule has 0 amide bonds. The third-order valence-electron chi connectivity index (χ3n) is 9.94. The highest BCUT2D eigenvalue weighted by molar-refractivity contribution is 5.70. The predicted molar refractivity (Wildman–Crippen MR) is 231 cm³/mol. The second-order valence-electron chi connectivity index (χ2n) is 16.3. The van der Waals surface area contributed by atoms with Crippen LogP contribution in [0.3, 0.4) is 0 Å². The van der Waals surface area contributed by atoms with E-state index in [1.54, 1.807) is 21.1 Å². The number of hydrogen-bond acceptors (Lipinski definition) is 7. The van der Waals surface area contributed by atoms with Crippen molar-refractivity contribution >= 4 is 17.9 Å². The second-order valence-corrected chi connectivity index (χ2v) is 16.3. The molecule has 0 aliphatic heterocycles. The molecule has 0 heterocycles. The van der Waals surface area contributed by atoms with E-state index < -0.39 is 18.1 Å². The van der Waals surface area contributed by atoms with Crippen molar-refractivity contribution in [3.8, 4) is 0 Å². The Morgan fingerprint density at radius 2 is 0.964 bits per heavy atom. The molecule has 2 unspecified atom stereocenters. The molecule has 0 bridgehead atoms. The summed E-state index contributed by atoms with van der Waals surface area (Å²) in [6.07, 6.45) is 45.7. The van der Waals surface area contributed by atoms with E-state index in [9.17, 15) is 19.5 Å². The van der Waals surface area contributed by atoms with Gasteiger partial charge in [-0.2, -0.15) is 0 Å². The largest absolute Gasteiger partial charge is 0.544 e. The maximum Gasteiger partial charge on any atom is 0.306 e. The molecule has 2 atom stereocenters. The lowest BCUT2D eigenvalue weighted by Gasteiger charge is -2.34. The van der Waals surface area contributed by atoms with Crippen LogP contribution in [0, 0.1) is 0 Å². The molecule has 8 heteroatoms. The average molecular weight is 788 g/mol. The number of unbranched alkanes of at least 4 members (excludes halogenated alkanes) is 18. The average Bonchev–Trinajstić information content (AvgIpc) is 3.15. The number of ether oxygens (including phenoxy) is 3. The molecule has 56 heavy (non-hydrogen) atoms. The maximum absolute atomic E-state index is 12.7. The molecule has 324 valence electrons. The summed E-state index contributed by atoms with van der Waals surface area (Å²) < 4.78 is 17.1. The van der Waals surface area contributed by atoms with Gasteiger partial charge in [0.2, 0.25) is 0 Å². The lowest BCUT2D eigenvalue weighted by atomic mass is 10.1. The van der Waals surface area contributed by atoms with E-state index >= 15 is 0 Å². The van der Waals surface area contributed by atoms with E-state index in [0.29, 0.717) is 12.8 Å². The highest BCUT2D eigenvalue weighted by Gasteiger charge is 2.25. The Morgan fingerprint density at radius 1 is 0.536 bits per heavy atom. The monoisotopic (exact) mass is 788 g/mol. The Morgan fingerprint density at radius 3 is 1.46 bits per heavy atom. The van der Waals surface area contributed by atoms with E-state index in [1.807, 2.05) is 0 Å². The minimum Gasteiger partial charge on any atom is -0.544 e. The van der Waals surface area contributed by atoms with Crippen molar-refractivity contribution in [2.45, 2.75) is 199 Å². The molecule has 0 N–H and O–H groups in total. The molecule has 0 spiro atoms. The van der Waals surface area contributed by atoms with Crippen LogP contribution in [0.2, 0.25) is 0 Å². The van der Waals surface area contributed by atoms with Crippen LogP contribution in [-0.2, 0) is 28.6 Å². The molecular formula is C48H85NO7. The van der Waals surface area contributed by atoms with Crippen molar-refractivity contribution in [1.29, 1.82) is 0 Å². The molecule has 0 rings (SSSR count). The van der Waals surface area contributed by atoms with E-state index in [0.717, 1.165) is 77.0 Å². The summed E-state index contributed by atoms with van der Waals surface area (Å²) in [5.41, 5.74) is 0. The third kappa shape index (κ3) is 36.9. The Labute approximate surface area is 344 Å². The molecule has 0 fully saturated rings. The zero-order valence-electron chi connectivity index (χ0n) is 36.8. The number of hydrogen-bond donors (Lipinski definition) is 0. The SMILES string of the molecule is CCCC/C=C/CCCCCCC(=O)OC(COCCC(C(=O)[O-])[N+](C)(C)C)COC(=O)CCCCCCCCCCC/C=C/C/C=C/C/C=C/CCCCC. The normalized spacial score (nSPS) is 13.4. The number of aliphatic carboxylic acids is 1.